The Morgan fingerprint density at radius 1 is 1.25 bits per heavy atom. The number of hydrogen-bond donors (Lipinski definition) is 3. The molecule has 0 aliphatic rings. The summed E-state index contributed by atoms with van der Waals surface area (Å²) in [6.45, 7) is 4.34. The fourth-order valence-corrected chi connectivity index (χ4v) is 2.37. The number of carbonyl (C=O) groups is 1. The molecule has 0 aliphatic carbocycles. The second-order valence-electron chi connectivity index (χ2n) is 5.53. The van der Waals surface area contributed by atoms with E-state index in [-0.39, 0.29) is 5.69 Å². The molecule has 0 spiro atoms. The second kappa shape index (κ2) is 8.29. The summed E-state index contributed by atoms with van der Waals surface area (Å²) < 4.78 is 13.6. The maximum atomic E-state index is 13.6. The van der Waals surface area contributed by atoms with E-state index in [1.54, 1.807) is 12.1 Å². The Kier molecular flexibility index (Phi) is 6.12. The molecule has 128 valence electrons. The number of pyridine rings is 1. The normalized spacial score (nSPS) is 10.3. The third-order valence-corrected chi connectivity index (χ3v) is 3.69. The Morgan fingerprint density at radius 3 is 2.75 bits per heavy atom. The molecule has 0 radical (unpaired) electrons. The molecular weight excluding hydrogens is 307 g/mol. The summed E-state index contributed by atoms with van der Waals surface area (Å²) in [4.78, 5) is 16.4. The lowest BCUT2D eigenvalue weighted by molar-refractivity contribution is 0.252. The highest BCUT2D eigenvalue weighted by Crippen LogP contribution is 2.15. The molecule has 2 aromatic rings. The zero-order valence-electron chi connectivity index (χ0n) is 14.2. The Balaban J connectivity index is 1.87. The molecule has 0 atom stereocenters. The number of urea groups is 1. The van der Waals surface area contributed by atoms with Gasteiger partial charge in [0.05, 0.1) is 5.69 Å². The summed E-state index contributed by atoms with van der Waals surface area (Å²) >= 11 is 0. The highest BCUT2D eigenvalue weighted by molar-refractivity contribution is 5.89. The summed E-state index contributed by atoms with van der Waals surface area (Å²) in [6.07, 6.45) is 1.51. The van der Waals surface area contributed by atoms with Crippen LogP contribution in [0.2, 0.25) is 0 Å². The van der Waals surface area contributed by atoms with Gasteiger partial charge in [0.1, 0.15) is 11.6 Å². The summed E-state index contributed by atoms with van der Waals surface area (Å²) in [6, 6.07) is 8.15. The van der Waals surface area contributed by atoms with Gasteiger partial charge in [-0.3, -0.25) is 0 Å². The molecule has 0 fully saturated rings. The quantitative estimate of drug-likeness (QED) is 0.759. The van der Waals surface area contributed by atoms with Crippen LogP contribution in [0, 0.1) is 12.7 Å². The molecule has 0 unspecified atom stereocenters. The minimum absolute atomic E-state index is 0.176. The fraction of sp³-hybridized carbons (Fsp3) is 0.333. The van der Waals surface area contributed by atoms with Crippen molar-refractivity contribution in [1.82, 2.24) is 10.3 Å². The first kappa shape index (κ1) is 17.7. The largest absolute Gasteiger partial charge is 0.373 e. The molecule has 0 aliphatic heterocycles. The molecule has 1 aromatic heterocycles. The zero-order chi connectivity index (χ0) is 17.5. The van der Waals surface area contributed by atoms with Crippen molar-refractivity contribution in [3.63, 3.8) is 0 Å². The maximum absolute atomic E-state index is 13.6. The SMILES string of the molecule is CCc1ccc(CCNC(=O)Nc2cc(C)ccc2F)nc1NC. The van der Waals surface area contributed by atoms with Gasteiger partial charge in [-0.1, -0.05) is 19.1 Å². The van der Waals surface area contributed by atoms with E-state index in [1.807, 2.05) is 26.1 Å². The van der Waals surface area contributed by atoms with Crippen molar-refractivity contribution in [2.75, 3.05) is 24.2 Å². The van der Waals surface area contributed by atoms with Crippen LogP contribution in [0.5, 0.6) is 0 Å². The van der Waals surface area contributed by atoms with Crippen LogP contribution in [0.3, 0.4) is 0 Å². The number of hydrogen-bond acceptors (Lipinski definition) is 3. The van der Waals surface area contributed by atoms with Gasteiger partial charge in [-0.2, -0.15) is 0 Å². The number of benzene rings is 1. The van der Waals surface area contributed by atoms with Gasteiger partial charge in [0.25, 0.3) is 0 Å². The molecule has 0 bridgehead atoms. The van der Waals surface area contributed by atoms with Gasteiger partial charge in [0.15, 0.2) is 0 Å². The van der Waals surface area contributed by atoms with Crippen LogP contribution in [0.15, 0.2) is 30.3 Å². The van der Waals surface area contributed by atoms with E-state index in [1.165, 1.54) is 6.07 Å². The van der Waals surface area contributed by atoms with Gasteiger partial charge in [-0.25, -0.2) is 14.2 Å². The van der Waals surface area contributed by atoms with Gasteiger partial charge in [-0.05, 0) is 42.7 Å². The number of nitrogens with one attached hydrogen (secondary N) is 3. The molecule has 24 heavy (non-hydrogen) atoms. The highest BCUT2D eigenvalue weighted by Gasteiger charge is 2.07. The van der Waals surface area contributed by atoms with Gasteiger partial charge in [0, 0.05) is 25.7 Å². The van der Waals surface area contributed by atoms with Crippen molar-refractivity contribution in [3.8, 4) is 0 Å². The average molecular weight is 330 g/mol. The standard InChI is InChI=1S/C18H23FN4O/c1-4-13-6-7-14(22-17(13)20-3)9-10-21-18(24)23-16-11-12(2)5-8-15(16)19/h5-8,11H,4,9-10H2,1-3H3,(H,20,22)(H2,21,23,24). The van der Waals surface area contributed by atoms with E-state index >= 15 is 0 Å². The average Bonchev–Trinajstić information content (AvgIpc) is 2.58. The van der Waals surface area contributed by atoms with Crippen LogP contribution in [-0.4, -0.2) is 24.6 Å². The number of anilines is 2. The van der Waals surface area contributed by atoms with Crippen LogP contribution in [0.1, 0.15) is 23.7 Å². The monoisotopic (exact) mass is 330 g/mol. The van der Waals surface area contributed by atoms with Gasteiger partial charge in [-0.15, -0.1) is 0 Å². The minimum atomic E-state index is -0.453. The maximum Gasteiger partial charge on any atom is 0.319 e. The molecular formula is C18H23FN4O. The number of halogens is 1. The van der Waals surface area contributed by atoms with E-state index in [0.29, 0.717) is 13.0 Å². The second-order valence-corrected chi connectivity index (χ2v) is 5.53. The Hall–Kier alpha value is -2.63. The van der Waals surface area contributed by atoms with Crippen molar-refractivity contribution < 1.29 is 9.18 Å². The van der Waals surface area contributed by atoms with E-state index in [4.69, 9.17) is 0 Å². The molecule has 0 saturated carbocycles. The number of aromatic nitrogens is 1. The Morgan fingerprint density at radius 2 is 2.04 bits per heavy atom. The van der Waals surface area contributed by atoms with Crippen molar-refractivity contribution >= 4 is 17.5 Å². The lowest BCUT2D eigenvalue weighted by Crippen LogP contribution is -2.31. The number of aryl methyl sites for hydroxylation is 2. The summed E-state index contributed by atoms with van der Waals surface area (Å²) in [7, 11) is 1.84. The first-order valence-corrected chi connectivity index (χ1v) is 8.01. The lowest BCUT2D eigenvalue weighted by Gasteiger charge is -2.11. The predicted octanol–water partition coefficient (Wildman–Crippen LogP) is 3.50. The van der Waals surface area contributed by atoms with Crippen molar-refractivity contribution in [3.05, 3.63) is 53.0 Å². The van der Waals surface area contributed by atoms with Crippen molar-refractivity contribution in [1.29, 1.82) is 0 Å². The molecule has 1 aromatic carbocycles. The van der Waals surface area contributed by atoms with Crippen molar-refractivity contribution in [2.24, 2.45) is 0 Å². The van der Waals surface area contributed by atoms with Crippen LogP contribution < -0.4 is 16.0 Å². The molecule has 2 amide bonds. The first-order chi connectivity index (χ1) is 11.5. The van der Waals surface area contributed by atoms with E-state index in [2.05, 4.69) is 27.9 Å². The fourth-order valence-electron chi connectivity index (χ4n) is 2.37. The third-order valence-electron chi connectivity index (χ3n) is 3.69. The van der Waals surface area contributed by atoms with Crippen LogP contribution >= 0.6 is 0 Å². The van der Waals surface area contributed by atoms with E-state index in [9.17, 15) is 9.18 Å². The smallest absolute Gasteiger partial charge is 0.319 e. The number of nitrogens with zero attached hydrogens (tertiary/aromatic N) is 1. The van der Waals surface area contributed by atoms with E-state index in [0.717, 1.165) is 29.1 Å². The van der Waals surface area contributed by atoms with Gasteiger partial charge >= 0.3 is 6.03 Å². The molecule has 5 nitrogen and oxygen atoms in total. The molecule has 2 rings (SSSR count). The van der Waals surface area contributed by atoms with Crippen molar-refractivity contribution in [2.45, 2.75) is 26.7 Å². The predicted molar refractivity (Wildman–Crippen MR) is 95.0 cm³/mol. The lowest BCUT2D eigenvalue weighted by atomic mass is 10.1. The van der Waals surface area contributed by atoms with Gasteiger partial charge < -0.3 is 16.0 Å². The third kappa shape index (κ3) is 4.68. The molecule has 0 saturated heterocycles. The van der Waals surface area contributed by atoms with Crippen LogP contribution in [0.25, 0.3) is 0 Å². The molecule has 6 heteroatoms. The molecule has 3 N–H and O–H groups in total. The summed E-state index contributed by atoms with van der Waals surface area (Å²) in [5.74, 6) is 0.410. The minimum Gasteiger partial charge on any atom is -0.373 e. The number of amides is 2. The number of rotatable bonds is 6. The molecule has 1 heterocycles. The Labute approximate surface area is 141 Å². The van der Waals surface area contributed by atoms with Crippen LogP contribution in [0.4, 0.5) is 20.7 Å². The highest BCUT2D eigenvalue weighted by atomic mass is 19.1. The first-order valence-electron chi connectivity index (χ1n) is 8.01. The number of carbonyl (C=O) groups excluding carboxylic acids is 1. The zero-order valence-corrected chi connectivity index (χ0v) is 14.2. The van der Waals surface area contributed by atoms with Crippen LogP contribution in [-0.2, 0) is 12.8 Å². The van der Waals surface area contributed by atoms with Gasteiger partial charge in [0.2, 0.25) is 0 Å². The summed E-state index contributed by atoms with van der Waals surface area (Å²) in [5, 5.41) is 8.31. The topological polar surface area (TPSA) is 66.0 Å². The Bertz CT molecular complexity index is 718. The van der Waals surface area contributed by atoms with E-state index < -0.39 is 11.8 Å². The summed E-state index contributed by atoms with van der Waals surface area (Å²) in [5.41, 5.74) is 3.10.